The minimum Gasteiger partial charge on any atom is -0.393 e. The molecule has 0 aliphatic rings. The van der Waals surface area contributed by atoms with Crippen LogP contribution in [0.3, 0.4) is 0 Å². The largest absolute Gasteiger partial charge is 0.393 e. The number of aliphatic hydroxyl groups is 2. The van der Waals surface area contributed by atoms with E-state index in [0.29, 0.717) is 10.9 Å². The highest BCUT2D eigenvalue weighted by atomic mass is 79.9. The summed E-state index contributed by atoms with van der Waals surface area (Å²) in [7, 11) is 0. The molecule has 0 aliphatic carbocycles. The zero-order chi connectivity index (χ0) is 13.0. The van der Waals surface area contributed by atoms with Crippen LogP contribution in [0.5, 0.6) is 0 Å². The second-order valence-electron chi connectivity index (χ2n) is 4.27. The topological polar surface area (TPSA) is 40.5 Å². The van der Waals surface area contributed by atoms with Crippen molar-refractivity contribution in [3.63, 3.8) is 0 Å². The van der Waals surface area contributed by atoms with Gasteiger partial charge in [-0.3, -0.25) is 0 Å². The van der Waals surface area contributed by atoms with Gasteiger partial charge in [0, 0.05) is 5.33 Å². The van der Waals surface area contributed by atoms with Crippen LogP contribution in [0.4, 0.5) is 0 Å². The Balaban J connectivity index is 2.31. The molecule has 18 heavy (non-hydrogen) atoms. The summed E-state index contributed by atoms with van der Waals surface area (Å²) in [6, 6.07) is 17.6. The van der Waals surface area contributed by atoms with E-state index in [1.165, 1.54) is 0 Å². The number of aliphatic hydroxyl groups excluding tert-OH is 1. The van der Waals surface area contributed by atoms with Gasteiger partial charge in [0.05, 0.1) is 6.61 Å². The molecule has 0 aliphatic heterocycles. The summed E-state index contributed by atoms with van der Waals surface area (Å²) in [4.78, 5) is 0. The molecule has 94 valence electrons. The molecule has 2 nitrogen and oxygen atoms in total. The van der Waals surface area contributed by atoms with Gasteiger partial charge < -0.3 is 10.2 Å². The molecular formula is C15H15BrO2. The maximum absolute atomic E-state index is 10.2. The van der Waals surface area contributed by atoms with Crippen LogP contribution < -0.4 is 0 Å². The highest BCUT2D eigenvalue weighted by Crippen LogP contribution is 2.26. The van der Waals surface area contributed by atoms with E-state index >= 15 is 0 Å². The van der Waals surface area contributed by atoms with Gasteiger partial charge in [-0.2, -0.15) is 0 Å². The molecular weight excluding hydrogens is 292 g/mol. The fourth-order valence-corrected chi connectivity index (χ4v) is 2.32. The third-order valence-corrected chi connectivity index (χ3v) is 3.94. The Labute approximate surface area is 115 Å². The van der Waals surface area contributed by atoms with Gasteiger partial charge in [-0.1, -0.05) is 70.5 Å². The number of halogens is 1. The average molecular weight is 307 g/mol. The Morgan fingerprint density at radius 3 is 1.94 bits per heavy atom. The first kappa shape index (κ1) is 13.3. The van der Waals surface area contributed by atoms with E-state index in [4.69, 9.17) is 0 Å². The van der Waals surface area contributed by atoms with Crippen LogP contribution >= 0.6 is 15.9 Å². The van der Waals surface area contributed by atoms with Gasteiger partial charge in [-0.15, -0.1) is 0 Å². The maximum Gasteiger partial charge on any atom is 0.122 e. The monoisotopic (exact) mass is 306 g/mol. The van der Waals surface area contributed by atoms with Crippen molar-refractivity contribution in [2.24, 2.45) is 0 Å². The lowest BCUT2D eigenvalue weighted by atomic mass is 9.94. The van der Waals surface area contributed by atoms with Crippen LogP contribution in [-0.2, 0) is 5.60 Å². The Morgan fingerprint density at radius 1 is 0.889 bits per heavy atom. The minimum absolute atomic E-state index is 0.303. The van der Waals surface area contributed by atoms with Crippen molar-refractivity contribution in [3.8, 4) is 11.1 Å². The van der Waals surface area contributed by atoms with Crippen LogP contribution in [0, 0.1) is 0 Å². The molecule has 0 saturated carbocycles. The second kappa shape index (κ2) is 5.65. The molecule has 3 heteroatoms. The van der Waals surface area contributed by atoms with Gasteiger partial charge in [0.1, 0.15) is 5.60 Å². The molecule has 1 atom stereocenters. The first-order valence-electron chi connectivity index (χ1n) is 5.75. The Morgan fingerprint density at radius 2 is 1.44 bits per heavy atom. The molecule has 0 bridgehead atoms. The smallest absolute Gasteiger partial charge is 0.122 e. The van der Waals surface area contributed by atoms with Gasteiger partial charge >= 0.3 is 0 Å². The summed E-state index contributed by atoms with van der Waals surface area (Å²) in [6.07, 6.45) is 0. The molecule has 0 unspecified atom stereocenters. The van der Waals surface area contributed by atoms with Crippen LogP contribution in [-0.4, -0.2) is 22.2 Å². The summed E-state index contributed by atoms with van der Waals surface area (Å²) in [5.74, 6) is 0. The van der Waals surface area contributed by atoms with Crippen molar-refractivity contribution in [2.45, 2.75) is 5.60 Å². The lowest BCUT2D eigenvalue weighted by molar-refractivity contribution is 0.00322. The second-order valence-corrected chi connectivity index (χ2v) is 4.83. The molecule has 2 aromatic rings. The van der Waals surface area contributed by atoms with Crippen molar-refractivity contribution < 1.29 is 10.2 Å². The van der Waals surface area contributed by atoms with Crippen LogP contribution in [0.2, 0.25) is 0 Å². The molecule has 2 N–H and O–H groups in total. The van der Waals surface area contributed by atoms with Crippen LogP contribution in [0.1, 0.15) is 5.56 Å². The average Bonchev–Trinajstić information content (AvgIpc) is 2.47. The Kier molecular flexibility index (Phi) is 4.17. The predicted octanol–water partition coefficient (Wildman–Crippen LogP) is 2.93. The van der Waals surface area contributed by atoms with Gasteiger partial charge in [0.25, 0.3) is 0 Å². The Bertz CT molecular complexity index is 490. The SMILES string of the molecule is OC[C@@](O)(CBr)c1ccc(-c2ccccc2)cc1. The normalized spacial score (nSPS) is 14.2. The summed E-state index contributed by atoms with van der Waals surface area (Å²) in [5, 5.41) is 19.7. The van der Waals surface area contributed by atoms with Crippen LogP contribution in [0.25, 0.3) is 11.1 Å². The first-order chi connectivity index (χ1) is 8.69. The fourth-order valence-electron chi connectivity index (χ4n) is 1.81. The summed E-state index contributed by atoms with van der Waals surface area (Å²) in [5.41, 5.74) is 1.72. The molecule has 0 aromatic heterocycles. The highest BCUT2D eigenvalue weighted by Gasteiger charge is 2.26. The van der Waals surface area contributed by atoms with Gasteiger partial charge in [-0.25, -0.2) is 0 Å². The van der Waals surface area contributed by atoms with E-state index in [-0.39, 0.29) is 6.61 Å². The molecule has 0 saturated heterocycles. The number of hydrogen-bond donors (Lipinski definition) is 2. The van der Waals surface area contributed by atoms with E-state index in [1.54, 1.807) is 0 Å². The van der Waals surface area contributed by atoms with Crippen LogP contribution in [0.15, 0.2) is 54.6 Å². The molecule has 0 radical (unpaired) electrons. The zero-order valence-electron chi connectivity index (χ0n) is 9.88. The van der Waals surface area contributed by atoms with Gasteiger partial charge in [0.2, 0.25) is 0 Å². The summed E-state index contributed by atoms with van der Waals surface area (Å²) >= 11 is 3.22. The molecule has 2 rings (SSSR count). The van der Waals surface area contributed by atoms with Crippen molar-refractivity contribution in [2.75, 3.05) is 11.9 Å². The molecule has 0 fully saturated rings. The molecule has 0 heterocycles. The molecule has 2 aromatic carbocycles. The minimum atomic E-state index is -1.21. The van der Waals surface area contributed by atoms with E-state index in [9.17, 15) is 10.2 Å². The molecule has 0 spiro atoms. The quantitative estimate of drug-likeness (QED) is 0.853. The number of hydrogen-bond acceptors (Lipinski definition) is 2. The van der Waals surface area contributed by atoms with E-state index in [0.717, 1.165) is 11.1 Å². The predicted molar refractivity (Wildman–Crippen MR) is 76.7 cm³/mol. The Hall–Kier alpha value is -1.16. The van der Waals surface area contributed by atoms with Crippen molar-refractivity contribution in [1.82, 2.24) is 0 Å². The highest BCUT2D eigenvalue weighted by molar-refractivity contribution is 9.09. The fraction of sp³-hybridized carbons (Fsp3) is 0.200. The zero-order valence-corrected chi connectivity index (χ0v) is 11.5. The number of rotatable bonds is 4. The van der Waals surface area contributed by atoms with Crippen molar-refractivity contribution >= 4 is 15.9 Å². The third-order valence-electron chi connectivity index (χ3n) is 3.01. The number of alkyl halides is 1. The van der Waals surface area contributed by atoms with Gasteiger partial charge in [-0.05, 0) is 16.7 Å². The van der Waals surface area contributed by atoms with E-state index in [2.05, 4.69) is 15.9 Å². The molecule has 0 amide bonds. The lowest BCUT2D eigenvalue weighted by Gasteiger charge is -2.23. The van der Waals surface area contributed by atoms with Crippen molar-refractivity contribution in [1.29, 1.82) is 0 Å². The third kappa shape index (κ3) is 2.64. The summed E-state index contributed by atoms with van der Waals surface area (Å²) < 4.78 is 0. The number of benzene rings is 2. The van der Waals surface area contributed by atoms with Crippen molar-refractivity contribution in [3.05, 3.63) is 60.2 Å². The van der Waals surface area contributed by atoms with E-state index in [1.807, 2.05) is 54.6 Å². The standard InChI is InChI=1S/C15H15BrO2/c16-10-15(18,11-17)14-8-6-13(7-9-14)12-4-2-1-3-5-12/h1-9,17-18H,10-11H2/t15-/m0/s1. The maximum atomic E-state index is 10.2. The van der Waals surface area contributed by atoms with Gasteiger partial charge in [0.15, 0.2) is 0 Å². The van der Waals surface area contributed by atoms with E-state index < -0.39 is 5.60 Å². The lowest BCUT2D eigenvalue weighted by Crippen LogP contribution is -2.31. The first-order valence-corrected chi connectivity index (χ1v) is 6.87. The summed E-state index contributed by atoms with van der Waals surface area (Å²) in [6.45, 7) is -0.303.